The Balaban J connectivity index is 1.46. The van der Waals surface area contributed by atoms with Crippen molar-refractivity contribution in [2.75, 3.05) is 38.1 Å². The lowest BCUT2D eigenvalue weighted by atomic mass is 9.99. The summed E-state index contributed by atoms with van der Waals surface area (Å²) >= 11 is 0. The molecule has 200 valence electrons. The molecule has 0 bridgehead atoms. The van der Waals surface area contributed by atoms with Crippen molar-refractivity contribution in [3.05, 3.63) is 65.2 Å². The monoisotopic (exact) mass is 511 g/mol. The highest BCUT2D eigenvalue weighted by Crippen LogP contribution is 2.38. The Morgan fingerprint density at radius 3 is 2.57 bits per heavy atom. The number of nitrogens with one attached hydrogen (secondary N) is 2. The van der Waals surface area contributed by atoms with Gasteiger partial charge in [0.25, 0.3) is 0 Å². The average molecular weight is 512 g/mol. The number of hydrogen-bond acceptors (Lipinski definition) is 7. The molecule has 9 nitrogen and oxygen atoms in total. The van der Waals surface area contributed by atoms with Crippen LogP contribution in [0.5, 0.6) is 0 Å². The number of amides is 2. The van der Waals surface area contributed by atoms with Crippen molar-refractivity contribution in [2.45, 2.75) is 57.7 Å². The molecule has 0 aromatic heterocycles. The van der Waals surface area contributed by atoms with Crippen LogP contribution in [0, 0.1) is 0 Å². The molecular formula is C28H37N3O6. The van der Waals surface area contributed by atoms with E-state index in [-0.39, 0.29) is 32.0 Å². The van der Waals surface area contributed by atoms with Gasteiger partial charge in [0, 0.05) is 24.2 Å². The molecule has 2 aromatic carbocycles. The van der Waals surface area contributed by atoms with E-state index in [9.17, 15) is 14.7 Å². The number of carbonyl (C=O) groups excluding carboxylic acids is 2. The van der Waals surface area contributed by atoms with Gasteiger partial charge in [-0.2, -0.15) is 0 Å². The SMILES string of the molecule is CCOC(=O)CNC(=O)Nc1cccc(C2OC(CN3CCCCC3)CC(c3ccc(CO)cc3)O2)c1. The standard InChI is InChI=1S/C28H37N3O6/c1-2-35-26(33)17-29-28(34)30-23-8-6-7-22(15-23)27-36-24(18-31-13-4-3-5-14-31)16-25(37-27)21-11-9-20(19-32)10-12-21/h6-12,15,24-25,27,32H,2-5,13-14,16-19H2,1H3,(H2,29,30,34). The maximum Gasteiger partial charge on any atom is 0.325 e. The lowest BCUT2D eigenvalue weighted by Crippen LogP contribution is -2.41. The number of benzene rings is 2. The summed E-state index contributed by atoms with van der Waals surface area (Å²) in [6.45, 7) is 4.79. The molecule has 2 aliphatic rings. The lowest BCUT2D eigenvalue weighted by Gasteiger charge is -2.39. The molecule has 0 spiro atoms. The van der Waals surface area contributed by atoms with Crippen LogP contribution in [0.25, 0.3) is 0 Å². The Morgan fingerprint density at radius 2 is 1.84 bits per heavy atom. The molecule has 9 heteroatoms. The van der Waals surface area contributed by atoms with Gasteiger partial charge in [0.05, 0.1) is 25.4 Å². The number of ether oxygens (including phenoxy) is 3. The second-order valence-electron chi connectivity index (χ2n) is 9.45. The van der Waals surface area contributed by atoms with Crippen LogP contribution >= 0.6 is 0 Å². The predicted molar refractivity (Wildman–Crippen MR) is 139 cm³/mol. The van der Waals surface area contributed by atoms with Gasteiger partial charge in [-0.25, -0.2) is 4.79 Å². The van der Waals surface area contributed by atoms with Crippen LogP contribution in [0.4, 0.5) is 10.5 Å². The number of likely N-dealkylation sites (tertiary alicyclic amines) is 1. The Labute approximate surface area is 218 Å². The average Bonchev–Trinajstić information content (AvgIpc) is 2.93. The van der Waals surface area contributed by atoms with E-state index in [1.165, 1.54) is 19.3 Å². The van der Waals surface area contributed by atoms with Gasteiger partial charge in [-0.1, -0.05) is 42.8 Å². The third kappa shape index (κ3) is 8.00. The van der Waals surface area contributed by atoms with E-state index >= 15 is 0 Å². The van der Waals surface area contributed by atoms with Crippen LogP contribution in [-0.2, 0) is 25.6 Å². The van der Waals surface area contributed by atoms with Gasteiger partial charge >= 0.3 is 12.0 Å². The first-order chi connectivity index (χ1) is 18.0. The van der Waals surface area contributed by atoms with Crippen LogP contribution in [0.15, 0.2) is 48.5 Å². The van der Waals surface area contributed by atoms with Gasteiger partial charge < -0.3 is 34.9 Å². The number of aliphatic hydroxyl groups excluding tert-OH is 1. The fourth-order valence-electron chi connectivity index (χ4n) is 4.77. The van der Waals surface area contributed by atoms with Gasteiger partial charge in [0.1, 0.15) is 6.54 Å². The number of rotatable bonds is 9. The highest BCUT2D eigenvalue weighted by atomic mass is 16.7. The second-order valence-corrected chi connectivity index (χ2v) is 9.45. The summed E-state index contributed by atoms with van der Waals surface area (Å²) in [4.78, 5) is 26.2. The molecule has 0 aliphatic carbocycles. The molecule has 2 fully saturated rings. The molecule has 0 radical (unpaired) electrons. The molecule has 2 aliphatic heterocycles. The lowest BCUT2D eigenvalue weighted by molar-refractivity contribution is -0.253. The van der Waals surface area contributed by atoms with Crippen LogP contribution in [0.1, 0.15) is 61.7 Å². The highest BCUT2D eigenvalue weighted by molar-refractivity contribution is 5.91. The molecule has 0 saturated carbocycles. The zero-order valence-electron chi connectivity index (χ0n) is 21.4. The van der Waals surface area contributed by atoms with Gasteiger partial charge in [0.15, 0.2) is 6.29 Å². The number of urea groups is 1. The van der Waals surface area contributed by atoms with Crippen molar-refractivity contribution >= 4 is 17.7 Å². The fourth-order valence-corrected chi connectivity index (χ4v) is 4.77. The van der Waals surface area contributed by atoms with E-state index in [0.717, 1.165) is 42.7 Å². The summed E-state index contributed by atoms with van der Waals surface area (Å²) in [6.07, 6.45) is 3.67. The summed E-state index contributed by atoms with van der Waals surface area (Å²) < 4.78 is 17.7. The molecule has 3 N–H and O–H groups in total. The van der Waals surface area contributed by atoms with Crippen LogP contribution in [-0.4, -0.2) is 60.9 Å². The first-order valence-electron chi connectivity index (χ1n) is 13.1. The number of aliphatic hydroxyl groups is 1. The van der Waals surface area contributed by atoms with Crippen LogP contribution in [0.2, 0.25) is 0 Å². The number of esters is 1. The quantitative estimate of drug-likeness (QED) is 0.438. The predicted octanol–water partition coefficient (Wildman–Crippen LogP) is 3.89. The van der Waals surface area contributed by atoms with Crippen LogP contribution in [0.3, 0.4) is 0 Å². The Morgan fingerprint density at radius 1 is 1.05 bits per heavy atom. The minimum atomic E-state index is -0.601. The maximum atomic E-state index is 12.3. The highest BCUT2D eigenvalue weighted by Gasteiger charge is 2.33. The summed E-state index contributed by atoms with van der Waals surface area (Å²) in [6, 6.07) is 14.7. The van der Waals surface area contributed by atoms with Crippen molar-refractivity contribution in [3.8, 4) is 0 Å². The van der Waals surface area contributed by atoms with E-state index < -0.39 is 18.3 Å². The zero-order chi connectivity index (χ0) is 26.0. The number of anilines is 1. The third-order valence-corrected chi connectivity index (χ3v) is 6.64. The van der Waals surface area contributed by atoms with Gasteiger partial charge in [-0.15, -0.1) is 0 Å². The molecular weight excluding hydrogens is 474 g/mol. The summed E-state index contributed by atoms with van der Waals surface area (Å²) in [7, 11) is 0. The van der Waals surface area contributed by atoms with Crippen molar-refractivity contribution in [1.29, 1.82) is 0 Å². The molecule has 2 heterocycles. The molecule has 3 atom stereocenters. The number of carbonyl (C=O) groups is 2. The Hall–Kier alpha value is -2.98. The fraction of sp³-hybridized carbons (Fsp3) is 0.500. The van der Waals surface area contributed by atoms with Gasteiger partial charge in [-0.3, -0.25) is 4.79 Å². The van der Waals surface area contributed by atoms with Crippen molar-refractivity contribution in [1.82, 2.24) is 10.2 Å². The topological polar surface area (TPSA) is 109 Å². The summed E-state index contributed by atoms with van der Waals surface area (Å²) in [5.41, 5.74) is 3.26. The molecule has 37 heavy (non-hydrogen) atoms. The largest absolute Gasteiger partial charge is 0.465 e. The molecule has 3 unspecified atom stereocenters. The molecule has 2 amide bonds. The number of hydrogen-bond donors (Lipinski definition) is 3. The zero-order valence-corrected chi connectivity index (χ0v) is 21.4. The Kier molecular flexibility index (Phi) is 9.90. The molecule has 2 aromatic rings. The first kappa shape index (κ1) is 27.1. The maximum absolute atomic E-state index is 12.3. The molecule has 2 saturated heterocycles. The van der Waals surface area contributed by atoms with E-state index in [1.807, 2.05) is 42.5 Å². The minimum absolute atomic E-state index is 0.00226. The smallest absolute Gasteiger partial charge is 0.325 e. The van der Waals surface area contributed by atoms with Crippen LogP contribution < -0.4 is 10.6 Å². The first-order valence-corrected chi connectivity index (χ1v) is 13.1. The third-order valence-electron chi connectivity index (χ3n) is 6.64. The van der Waals surface area contributed by atoms with Gasteiger partial charge in [0.2, 0.25) is 0 Å². The van der Waals surface area contributed by atoms with Gasteiger partial charge in [-0.05, 0) is 56.1 Å². The van der Waals surface area contributed by atoms with Crippen molar-refractivity contribution in [2.24, 2.45) is 0 Å². The van der Waals surface area contributed by atoms with Crippen molar-refractivity contribution in [3.63, 3.8) is 0 Å². The summed E-state index contributed by atoms with van der Waals surface area (Å²) in [5, 5.41) is 14.7. The summed E-state index contributed by atoms with van der Waals surface area (Å²) in [5.74, 6) is -0.492. The van der Waals surface area contributed by atoms with E-state index in [2.05, 4.69) is 15.5 Å². The normalized spacial score (nSPS) is 22.3. The second kappa shape index (κ2) is 13.5. The van der Waals surface area contributed by atoms with E-state index in [0.29, 0.717) is 5.69 Å². The number of piperidine rings is 1. The van der Waals surface area contributed by atoms with E-state index in [1.54, 1.807) is 13.0 Å². The minimum Gasteiger partial charge on any atom is -0.465 e. The number of nitrogens with zero attached hydrogens (tertiary/aromatic N) is 1. The Bertz CT molecular complexity index is 1020. The molecule has 4 rings (SSSR count). The van der Waals surface area contributed by atoms with E-state index in [4.69, 9.17) is 14.2 Å². The van der Waals surface area contributed by atoms with Crippen molar-refractivity contribution < 1.29 is 28.9 Å².